The quantitative estimate of drug-likeness (QED) is 0.854. The molecule has 122 valence electrons. The summed E-state index contributed by atoms with van der Waals surface area (Å²) in [5, 5.41) is 0. The fraction of sp³-hybridized carbons (Fsp3) is 0.625. The highest BCUT2D eigenvalue weighted by atomic mass is 32.2. The smallest absolute Gasteiger partial charge is 0.410 e. The zero-order valence-electron chi connectivity index (χ0n) is 13.4. The van der Waals surface area contributed by atoms with Gasteiger partial charge in [0.15, 0.2) is 0 Å². The van der Waals surface area contributed by atoms with Crippen LogP contribution in [-0.2, 0) is 21.3 Å². The van der Waals surface area contributed by atoms with Crippen LogP contribution >= 0.6 is 0 Å². The Balaban J connectivity index is 1.91. The molecular weight excluding hydrogens is 300 g/mol. The molecule has 22 heavy (non-hydrogen) atoms. The van der Waals surface area contributed by atoms with Crippen molar-refractivity contribution in [2.45, 2.75) is 51.0 Å². The molecule has 0 spiro atoms. The molecule has 2 rings (SSSR count). The van der Waals surface area contributed by atoms with Crippen molar-refractivity contribution in [2.24, 2.45) is 0 Å². The second-order valence-corrected chi connectivity index (χ2v) is 8.04. The normalized spacial score (nSPS) is 20.0. The van der Waals surface area contributed by atoms with Gasteiger partial charge in [-0.3, -0.25) is 9.19 Å². The van der Waals surface area contributed by atoms with Gasteiger partial charge in [0.25, 0.3) is 0 Å². The molecule has 2 unspecified atom stereocenters. The van der Waals surface area contributed by atoms with Crippen molar-refractivity contribution in [3.63, 3.8) is 0 Å². The van der Waals surface area contributed by atoms with Gasteiger partial charge in [-0.1, -0.05) is 6.07 Å². The molecule has 0 radical (unpaired) electrons. The SMILES string of the molecule is CC(C)(C)OC(=O)N1CCCC1CS(=O)Cc1ccccn1. The topological polar surface area (TPSA) is 59.5 Å². The van der Waals surface area contributed by atoms with Crippen molar-refractivity contribution in [1.29, 1.82) is 0 Å². The van der Waals surface area contributed by atoms with Crippen molar-refractivity contribution in [2.75, 3.05) is 12.3 Å². The average Bonchev–Trinajstić information content (AvgIpc) is 2.86. The van der Waals surface area contributed by atoms with Gasteiger partial charge in [0.05, 0.1) is 11.4 Å². The second kappa shape index (κ2) is 7.22. The van der Waals surface area contributed by atoms with Crippen LogP contribution in [0.2, 0.25) is 0 Å². The number of likely N-dealkylation sites (tertiary alicyclic amines) is 1. The van der Waals surface area contributed by atoms with E-state index >= 15 is 0 Å². The van der Waals surface area contributed by atoms with E-state index in [1.807, 2.05) is 39.0 Å². The van der Waals surface area contributed by atoms with Crippen molar-refractivity contribution in [1.82, 2.24) is 9.88 Å². The van der Waals surface area contributed by atoms with Crippen LogP contribution < -0.4 is 0 Å². The van der Waals surface area contributed by atoms with E-state index in [9.17, 15) is 9.00 Å². The van der Waals surface area contributed by atoms with Crippen LogP contribution in [0.1, 0.15) is 39.3 Å². The molecule has 0 bridgehead atoms. The third kappa shape index (κ3) is 5.09. The molecule has 1 aromatic rings. The summed E-state index contributed by atoms with van der Waals surface area (Å²) in [5.74, 6) is 0.912. The van der Waals surface area contributed by atoms with Gasteiger partial charge >= 0.3 is 6.09 Å². The zero-order valence-corrected chi connectivity index (χ0v) is 14.3. The first-order valence-corrected chi connectivity index (χ1v) is 9.08. The van der Waals surface area contributed by atoms with Crippen LogP contribution in [0.25, 0.3) is 0 Å². The molecular formula is C16H24N2O3S. The molecule has 0 aliphatic carbocycles. The second-order valence-electron chi connectivity index (χ2n) is 6.54. The van der Waals surface area contributed by atoms with Gasteiger partial charge in [0, 0.05) is 35.3 Å². The van der Waals surface area contributed by atoms with E-state index in [1.54, 1.807) is 11.1 Å². The van der Waals surface area contributed by atoms with Gasteiger partial charge < -0.3 is 9.64 Å². The molecule has 1 aromatic heterocycles. The number of amides is 1. The number of ether oxygens (including phenoxy) is 1. The third-order valence-corrected chi connectivity index (χ3v) is 4.79. The maximum absolute atomic E-state index is 12.3. The molecule has 1 aliphatic rings. The summed E-state index contributed by atoms with van der Waals surface area (Å²) in [6, 6.07) is 5.60. The minimum absolute atomic E-state index is 0.000560. The summed E-state index contributed by atoms with van der Waals surface area (Å²) < 4.78 is 17.7. The Hall–Kier alpha value is -1.43. The fourth-order valence-electron chi connectivity index (χ4n) is 2.49. The van der Waals surface area contributed by atoms with Crippen LogP contribution in [0.15, 0.2) is 24.4 Å². The molecule has 2 heterocycles. The largest absolute Gasteiger partial charge is 0.444 e. The summed E-state index contributed by atoms with van der Waals surface area (Å²) in [6.07, 6.45) is 3.22. The number of hydrogen-bond acceptors (Lipinski definition) is 4. The Morgan fingerprint density at radius 1 is 1.45 bits per heavy atom. The highest BCUT2D eigenvalue weighted by Gasteiger charge is 2.33. The standard InChI is InChI=1S/C16H24N2O3S/c1-16(2,3)21-15(19)18-10-6-8-14(18)12-22(20)11-13-7-4-5-9-17-13/h4-5,7,9,14H,6,8,10-12H2,1-3H3. The highest BCUT2D eigenvalue weighted by molar-refractivity contribution is 7.84. The van der Waals surface area contributed by atoms with Gasteiger partial charge in [0.2, 0.25) is 0 Å². The maximum atomic E-state index is 12.3. The maximum Gasteiger partial charge on any atom is 0.410 e. The summed E-state index contributed by atoms with van der Waals surface area (Å²) in [7, 11) is -1.03. The molecule has 0 aromatic carbocycles. The minimum atomic E-state index is -1.03. The Kier molecular flexibility index (Phi) is 5.56. The minimum Gasteiger partial charge on any atom is -0.444 e. The van der Waals surface area contributed by atoms with Gasteiger partial charge in [-0.15, -0.1) is 0 Å². The van der Waals surface area contributed by atoms with E-state index < -0.39 is 16.4 Å². The molecule has 5 nitrogen and oxygen atoms in total. The number of pyridine rings is 1. The van der Waals surface area contributed by atoms with E-state index in [2.05, 4.69) is 4.98 Å². The Bertz CT molecular complexity index is 528. The lowest BCUT2D eigenvalue weighted by Crippen LogP contribution is -2.42. The number of nitrogens with zero attached hydrogens (tertiary/aromatic N) is 2. The average molecular weight is 324 g/mol. The molecule has 1 amide bonds. The zero-order chi connectivity index (χ0) is 16.2. The van der Waals surface area contributed by atoms with E-state index in [1.165, 1.54) is 0 Å². The first-order valence-electron chi connectivity index (χ1n) is 7.59. The Morgan fingerprint density at radius 3 is 2.86 bits per heavy atom. The van der Waals surface area contributed by atoms with E-state index in [0.29, 0.717) is 18.1 Å². The van der Waals surface area contributed by atoms with E-state index in [-0.39, 0.29) is 12.1 Å². The summed E-state index contributed by atoms with van der Waals surface area (Å²) >= 11 is 0. The van der Waals surface area contributed by atoms with Gasteiger partial charge in [0.1, 0.15) is 5.60 Å². The van der Waals surface area contributed by atoms with Crippen LogP contribution in [-0.4, -0.2) is 44.1 Å². The number of hydrogen-bond donors (Lipinski definition) is 0. The summed E-state index contributed by atoms with van der Waals surface area (Å²) in [4.78, 5) is 18.1. The molecule has 6 heteroatoms. The van der Waals surface area contributed by atoms with Crippen LogP contribution in [0.4, 0.5) is 4.79 Å². The van der Waals surface area contributed by atoms with Gasteiger partial charge in [-0.2, -0.15) is 0 Å². The van der Waals surface area contributed by atoms with Crippen molar-refractivity contribution in [3.8, 4) is 0 Å². The van der Waals surface area contributed by atoms with Crippen LogP contribution in [0.3, 0.4) is 0 Å². The lowest BCUT2D eigenvalue weighted by molar-refractivity contribution is 0.0241. The van der Waals surface area contributed by atoms with E-state index in [4.69, 9.17) is 4.74 Å². The van der Waals surface area contributed by atoms with Crippen molar-refractivity contribution in [3.05, 3.63) is 30.1 Å². The number of aromatic nitrogens is 1. The lowest BCUT2D eigenvalue weighted by atomic mass is 10.2. The predicted molar refractivity (Wildman–Crippen MR) is 86.9 cm³/mol. The Labute approximate surface area is 134 Å². The van der Waals surface area contributed by atoms with Crippen LogP contribution in [0.5, 0.6) is 0 Å². The number of carbonyl (C=O) groups is 1. The molecule has 1 saturated heterocycles. The lowest BCUT2D eigenvalue weighted by Gasteiger charge is -2.28. The molecule has 0 saturated carbocycles. The molecule has 0 N–H and O–H groups in total. The third-order valence-electron chi connectivity index (χ3n) is 3.42. The number of carbonyl (C=O) groups excluding carboxylic acids is 1. The molecule has 1 fully saturated rings. The first-order chi connectivity index (χ1) is 10.3. The van der Waals surface area contributed by atoms with Crippen molar-refractivity contribution >= 4 is 16.9 Å². The van der Waals surface area contributed by atoms with Crippen molar-refractivity contribution < 1.29 is 13.7 Å². The summed E-state index contributed by atoms with van der Waals surface area (Å²) in [6.45, 7) is 6.25. The Morgan fingerprint density at radius 2 is 2.23 bits per heavy atom. The fourth-order valence-corrected chi connectivity index (χ4v) is 3.89. The van der Waals surface area contributed by atoms with Crippen LogP contribution in [0, 0.1) is 0 Å². The highest BCUT2D eigenvalue weighted by Crippen LogP contribution is 2.22. The predicted octanol–water partition coefficient (Wildman–Crippen LogP) is 2.73. The molecule has 1 aliphatic heterocycles. The summed E-state index contributed by atoms with van der Waals surface area (Å²) in [5.41, 5.74) is 0.319. The van der Waals surface area contributed by atoms with Gasteiger partial charge in [-0.25, -0.2) is 4.79 Å². The van der Waals surface area contributed by atoms with Gasteiger partial charge in [-0.05, 0) is 45.7 Å². The monoisotopic (exact) mass is 324 g/mol. The first kappa shape index (κ1) is 16.9. The molecule has 2 atom stereocenters. The number of rotatable bonds is 4. The van der Waals surface area contributed by atoms with E-state index in [0.717, 1.165) is 18.5 Å².